The van der Waals surface area contributed by atoms with Gasteiger partial charge in [-0.1, -0.05) is 17.8 Å². The van der Waals surface area contributed by atoms with Crippen LogP contribution in [0.4, 0.5) is 0 Å². The summed E-state index contributed by atoms with van der Waals surface area (Å²) in [4.78, 5) is 27.3. The molecule has 1 N–H and O–H groups in total. The smallest absolute Gasteiger partial charge is 0.325 e. The summed E-state index contributed by atoms with van der Waals surface area (Å²) in [5.41, 5.74) is 0.727. The van der Waals surface area contributed by atoms with Gasteiger partial charge in [-0.3, -0.25) is 14.6 Å². The van der Waals surface area contributed by atoms with Crippen molar-refractivity contribution in [2.45, 2.75) is 25.5 Å². The van der Waals surface area contributed by atoms with Gasteiger partial charge >= 0.3 is 5.97 Å². The predicted octanol–water partition coefficient (Wildman–Crippen LogP) is 1.13. The fraction of sp³-hybridized carbons (Fsp3) is 0.400. The molecule has 128 valence electrons. The predicted molar refractivity (Wildman–Crippen MR) is 89.3 cm³/mol. The summed E-state index contributed by atoms with van der Waals surface area (Å²) in [6.45, 7) is 4.50. The Labute approximate surface area is 144 Å². The van der Waals surface area contributed by atoms with Crippen LogP contribution in [0, 0.1) is 0 Å². The third-order valence-electron chi connectivity index (χ3n) is 2.99. The van der Waals surface area contributed by atoms with E-state index in [4.69, 9.17) is 4.74 Å². The largest absolute Gasteiger partial charge is 0.465 e. The molecule has 8 nitrogen and oxygen atoms in total. The molecule has 2 aromatic rings. The molecular formula is C15H19N5O3S. The minimum Gasteiger partial charge on any atom is -0.465 e. The van der Waals surface area contributed by atoms with Crippen molar-refractivity contribution < 1.29 is 14.3 Å². The quantitative estimate of drug-likeness (QED) is 0.563. The molecule has 1 amide bonds. The van der Waals surface area contributed by atoms with Crippen molar-refractivity contribution >= 4 is 23.6 Å². The summed E-state index contributed by atoms with van der Waals surface area (Å²) in [5.74, 6) is 0.0791. The van der Waals surface area contributed by atoms with Crippen LogP contribution in [0.15, 0.2) is 29.6 Å². The molecule has 9 heteroatoms. The van der Waals surface area contributed by atoms with Crippen molar-refractivity contribution in [1.29, 1.82) is 0 Å². The number of nitrogens with zero attached hydrogens (tertiary/aromatic N) is 4. The molecule has 24 heavy (non-hydrogen) atoms. The van der Waals surface area contributed by atoms with Crippen LogP contribution in [0.3, 0.4) is 0 Å². The average Bonchev–Trinajstić information content (AvgIpc) is 3.02. The standard InChI is InChI=1S/C15H19N5O3S/c1-3-20-14(11-7-5-6-8-16-11)18-19-15(20)24-10-12(21)17-9-13(22)23-4-2/h5-8H,3-4,9-10H2,1-2H3,(H,17,21). The topological polar surface area (TPSA) is 99.0 Å². The van der Waals surface area contributed by atoms with Crippen LogP contribution >= 0.6 is 11.8 Å². The van der Waals surface area contributed by atoms with Gasteiger partial charge in [0.1, 0.15) is 12.2 Å². The van der Waals surface area contributed by atoms with Crippen LogP contribution in [-0.4, -0.2) is 50.5 Å². The molecule has 0 unspecified atom stereocenters. The molecule has 0 aromatic carbocycles. The van der Waals surface area contributed by atoms with E-state index < -0.39 is 5.97 Å². The molecule has 0 saturated carbocycles. The zero-order chi connectivity index (χ0) is 17.4. The minimum atomic E-state index is -0.454. The van der Waals surface area contributed by atoms with Gasteiger partial charge in [0.05, 0.1) is 12.4 Å². The van der Waals surface area contributed by atoms with E-state index in [-0.39, 0.29) is 18.2 Å². The maximum absolute atomic E-state index is 11.8. The van der Waals surface area contributed by atoms with Gasteiger partial charge in [-0.25, -0.2) is 0 Å². The van der Waals surface area contributed by atoms with Crippen LogP contribution in [-0.2, 0) is 20.9 Å². The molecule has 0 aliphatic rings. The van der Waals surface area contributed by atoms with Gasteiger partial charge in [0.15, 0.2) is 11.0 Å². The van der Waals surface area contributed by atoms with Crippen molar-refractivity contribution in [2.75, 3.05) is 18.9 Å². The number of pyridine rings is 1. The molecule has 0 atom stereocenters. The minimum absolute atomic E-state index is 0.132. The molecule has 0 fully saturated rings. The van der Waals surface area contributed by atoms with E-state index in [2.05, 4.69) is 20.5 Å². The molecule has 0 bridgehead atoms. The molecule has 2 rings (SSSR count). The van der Waals surface area contributed by atoms with Gasteiger partial charge < -0.3 is 14.6 Å². The Morgan fingerprint density at radius 1 is 1.29 bits per heavy atom. The van der Waals surface area contributed by atoms with Crippen LogP contribution in [0.25, 0.3) is 11.5 Å². The van der Waals surface area contributed by atoms with E-state index >= 15 is 0 Å². The van der Waals surface area contributed by atoms with Crippen LogP contribution in [0.1, 0.15) is 13.8 Å². The number of nitrogens with one attached hydrogen (secondary N) is 1. The Balaban J connectivity index is 1.95. The highest BCUT2D eigenvalue weighted by Gasteiger charge is 2.15. The number of carbonyl (C=O) groups excluding carboxylic acids is 2. The van der Waals surface area contributed by atoms with E-state index in [1.165, 1.54) is 11.8 Å². The number of rotatable bonds is 8. The average molecular weight is 349 g/mol. The second-order valence-corrected chi connectivity index (χ2v) is 5.58. The molecule has 0 radical (unpaired) electrons. The number of hydrogen-bond donors (Lipinski definition) is 1. The first-order chi connectivity index (χ1) is 11.7. The first kappa shape index (κ1) is 17.9. The number of amides is 1. The summed E-state index contributed by atoms with van der Waals surface area (Å²) in [6.07, 6.45) is 1.69. The van der Waals surface area contributed by atoms with E-state index in [0.717, 1.165) is 5.69 Å². The van der Waals surface area contributed by atoms with Gasteiger partial charge in [0, 0.05) is 12.7 Å². The third kappa shape index (κ3) is 4.79. The van der Waals surface area contributed by atoms with Gasteiger partial charge in [0.25, 0.3) is 0 Å². The highest BCUT2D eigenvalue weighted by atomic mass is 32.2. The lowest BCUT2D eigenvalue weighted by molar-refractivity contribution is -0.143. The van der Waals surface area contributed by atoms with Gasteiger partial charge in [-0.05, 0) is 26.0 Å². The number of thioether (sulfide) groups is 1. The van der Waals surface area contributed by atoms with E-state index in [1.807, 2.05) is 29.7 Å². The first-order valence-electron chi connectivity index (χ1n) is 7.55. The normalized spacial score (nSPS) is 10.4. The molecule has 0 aliphatic carbocycles. The van der Waals surface area contributed by atoms with Crippen LogP contribution in [0.2, 0.25) is 0 Å². The highest BCUT2D eigenvalue weighted by molar-refractivity contribution is 7.99. The van der Waals surface area contributed by atoms with Crippen molar-refractivity contribution in [2.24, 2.45) is 0 Å². The zero-order valence-corrected chi connectivity index (χ0v) is 14.4. The highest BCUT2D eigenvalue weighted by Crippen LogP contribution is 2.22. The number of ether oxygens (including phenoxy) is 1. The third-order valence-corrected chi connectivity index (χ3v) is 3.96. The van der Waals surface area contributed by atoms with Crippen LogP contribution < -0.4 is 5.32 Å². The summed E-state index contributed by atoms with van der Waals surface area (Å²) in [7, 11) is 0. The number of aromatic nitrogens is 4. The summed E-state index contributed by atoms with van der Waals surface area (Å²) in [5, 5.41) is 11.4. The molecule has 0 saturated heterocycles. The van der Waals surface area contributed by atoms with E-state index in [1.54, 1.807) is 13.1 Å². The fourth-order valence-corrected chi connectivity index (χ4v) is 2.76. The number of hydrogen-bond acceptors (Lipinski definition) is 7. The Morgan fingerprint density at radius 2 is 2.12 bits per heavy atom. The second-order valence-electron chi connectivity index (χ2n) is 4.64. The van der Waals surface area contributed by atoms with E-state index in [9.17, 15) is 9.59 Å². The fourth-order valence-electron chi connectivity index (χ4n) is 1.93. The number of esters is 1. The molecule has 2 heterocycles. The van der Waals surface area contributed by atoms with Gasteiger partial charge in [0.2, 0.25) is 5.91 Å². The Morgan fingerprint density at radius 3 is 2.79 bits per heavy atom. The van der Waals surface area contributed by atoms with Crippen molar-refractivity contribution in [1.82, 2.24) is 25.1 Å². The zero-order valence-electron chi connectivity index (χ0n) is 13.6. The maximum atomic E-state index is 11.8. The Hall–Kier alpha value is -2.42. The van der Waals surface area contributed by atoms with Crippen molar-refractivity contribution in [3.8, 4) is 11.5 Å². The molecule has 0 spiro atoms. The Kier molecular flexibility index (Phi) is 6.74. The second kappa shape index (κ2) is 9.02. The monoisotopic (exact) mass is 349 g/mol. The van der Waals surface area contributed by atoms with Crippen LogP contribution in [0.5, 0.6) is 0 Å². The van der Waals surface area contributed by atoms with E-state index in [0.29, 0.717) is 24.1 Å². The van der Waals surface area contributed by atoms with Crippen molar-refractivity contribution in [3.63, 3.8) is 0 Å². The van der Waals surface area contributed by atoms with Gasteiger partial charge in [-0.2, -0.15) is 0 Å². The maximum Gasteiger partial charge on any atom is 0.325 e. The lowest BCUT2D eigenvalue weighted by Gasteiger charge is -2.07. The summed E-state index contributed by atoms with van der Waals surface area (Å²) < 4.78 is 6.64. The number of carbonyl (C=O) groups is 2. The summed E-state index contributed by atoms with van der Waals surface area (Å²) in [6, 6.07) is 5.57. The Bertz CT molecular complexity index is 690. The summed E-state index contributed by atoms with van der Waals surface area (Å²) >= 11 is 1.26. The molecular weight excluding hydrogens is 330 g/mol. The lowest BCUT2D eigenvalue weighted by Crippen LogP contribution is -2.31. The SMILES string of the molecule is CCOC(=O)CNC(=O)CSc1nnc(-c2ccccn2)n1CC. The first-order valence-corrected chi connectivity index (χ1v) is 8.54. The molecule has 2 aromatic heterocycles. The van der Waals surface area contributed by atoms with Crippen molar-refractivity contribution in [3.05, 3.63) is 24.4 Å². The van der Waals surface area contributed by atoms with Gasteiger partial charge in [-0.15, -0.1) is 10.2 Å². The molecule has 0 aliphatic heterocycles. The lowest BCUT2D eigenvalue weighted by atomic mass is 10.3.